The molecule has 0 radical (unpaired) electrons. The molecule has 0 spiro atoms. The summed E-state index contributed by atoms with van der Waals surface area (Å²) < 4.78 is 0. The molecule has 0 aromatic heterocycles. The number of nitrogens with one attached hydrogen (secondary N) is 1. The van der Waals surface area contributed by atoms with Crippen LogP contribution in [-0.2, 0) is 6.42 Å². The highest BCUT2D eigenvalue weighted by Gasteiger charge is 2.07. The molecule has 1 rings (SSSR count). The zero-order valence-corrected chi connectivity index (χ0v) is 10.9. The van der Waals surface area contributed by atoms with Crippen LogP contribution in [0.4, 0.5) is 0 Å². The van der Waals surface area contributed by atoms with Gasteiger partial charge >= 0.3 is 0 Å². The highest BCUT2D eigenvalue weighted by molar-refractivity contribution is 7.98. The fraction of sp³-hybridized carbons (Fsp3) is 0.500. The van der Waals surface area contributed by atoms with Gasteiger partial charge in [0.15, 0.2) is 0 Å². The van der Waals surface area contributed by atoms with Crippen molar-refractivity contribution in [3.63, 3.8) is 0 Å². The predicted molar refractivity (Wildman–Crippen MR) is 71.0 cm³/mol. The van der Waals surface area contributed by atoms with Crippen LogP contribution in [0.5, 0.6) is 0 Å². The van der Waals surface area contributed by atoms with Crippen LogP contribution >= 0.6 is 23.4 Å². The number of halogens is 1. The molecule has 1 nitrogen and oxygen atoms in total. The number of rotatable bonds is 6. The van der Waals surface area contributed by atoms with E-state index in [1.54, 1.807) is 0 Å². The van der Waals surface area contributed by atoms with Crippen LogP contribution < -0.4 is 5.32 Å². The van der Waals surface area contributed by atoms with Gasteiger partial charge in [-0.2, -0.15) is 11.8 Å². The van der Waals surface area contributed by atoms with E-state index in [1.807, 2.05) is 30.0 Å². The van der Waals surface area contributed by atoms with E-state index < -0.39 is 0 Å². The molecule has 1 aromatic rings. The molecule has 1 N–H and O–H groups in total. The third kappa shape index (κ3) is 4.92. The normalized spacial score (nSPS) is 12.7. The molecule has 1 aromatic carbocycles. The van der Waals surface area contributed by atoms with Crippen LogP contribution in [0.1, 0.15) is 12.5 Å². The molecule has 84 valence electrons. The Kier molecular flexibility index (Phi) is 6.15. The van der Waals surface area contributed by atoms with Crippen molar-refractivity contribution in [2.75, 3.05) is 18.6 Å². The van der Waals surface area contributed by atoms with Crippen molar-refractivity contribution in [2.45, 2.75) is 19.4 Å². The molecule has 0 bridgehead atoms. The minimum absolute atomic E-state index is 0.545. The first kappa shape index (κ1) is 12.9. The Balaban J connectivity index is 2.56. The highest BCUT2D eigenvalue weighted by atomic mass is 35.5. The van der Waals surface area contributed by atoms with Gasteiger partial charge in [-0.05, 0) is 36.9 Å². The van der Waals surface area contributed by atoms with Crippen molar-refractivity contribution in [1.29, 1.82) is 0 Å². The number of benzene rings is 1. The lowest BCUT2D eigenvalue weighted by Crippen LogP contribution is -2.33. The summed E-state index contributed by atoms with van der Waals surface area (Å²) >= 11 is 7.83. The van der Waals surface area contributed by atoms with Gasteiger partial charge in [0.2, 0.25) is 0 Å². The van der Waals surface area contributed by atoms with E-state index in [4.69, 9.17) is 11.6 Å². The second kappa shape index (κ2) is 7.15. The summed E-state index contributed by atoms with van der Waals surface area (Å²) in [7, 11) is 0. The van der Waals surface area contributed by atoms with E-state index in [9.17, 15) is 0 Å². The van der Waals surface area contributed by atoms with Gasteiger partial charge in [0.25, 0.3) is 0 Å². The van der Waals surface area contributed by atoms with E-state index in [1.165, 1.54) is 5.56 Å². The summed E-state index contributed by atoms with van der Waals surface area (Å²) in [4.78, 5) is 0. The number of hydrogen-bond donors (Lipinski definition) is 1. The summed E-state index contributed by atoms with van der Waals surface area (Å²) in [5, 5.41) is 4.31. The zero-order chi connectivity index (χ0) is 11.1. The van der Waals surface area contributed by atoms with Crippen LogP contribution in [0.3, 0.4) is 0 Å². The smallest absolute Gasteiger partial charge is 0.0408 e. The summed E-state index contributed by atoms with van der Waals surface area (Å²) in [6.45, 7) is 3.16. The predicted octanol–water partition coefficient (Wildman–Crippen LogP) is 3.22. The Morgan fingerprint density at radius 3 is 2.87 bits per heavy atom. The van der Waals surface area contributed by atoms with Gasteiger partial charge in [0, 0.05) is 16.8 Å². The molecule has 3 heteroatoms. The molecule has 1 unspecified atom stereocenters. The summed E-state index contributed by atoms with van der Waals surface area (Å²) in [5.74, 6) is 1.14. The molecule has 0 aliphatic rings. The fourth-order valence-corrected chi connectivity index (χ4v) is 2.48. The number of thioether (sulfide) groups is 1. The average Bonchev–Trinajstić information content (AvgIpc) is 2.18. The maximum Gasteiger partial charge on any atom is 0.0408 e. The summed E-state index contributed by atoms with van der Waals surface area (Å²) in [5.41, 5.74) is 1.31. The van der Waals surface area contributed by atoms with Gasteiger partial charge in [0.05, 0.1) is 0 Å². The first-order valence-electron chi connectivity index (χ1n) is 5.23. The Hall–Kier alpha value is -0.180. The van der Waals surface area contributed by atoms with E-state index in [2.05, 4.69) is 24.6 Å². The topological polar surface area (TPSA) is 12.0 Å². The lowest BCUT2D eigenvalue weighted by Gasteiger charge is -2.16. The molecular formula is C12H18ClNS. The van der Waals surface area contributed by atoms with Gasteiger partial charge < -0.3 is 5.32 Å². The quantitative estimate of drug-likeness (QED) is 0.824. The molecular weight excluding hydrogens is 226 g/mol. The molecule has 0 saturated heterocycles. The minimum atomic E-state index is 0.545. The molecule has 0 fully saturated rings. The monoisotopic (exact) mass is 243 g/mol. The Morgan fingerprint density at radius 2 is 2.27 bits per heavy atom. The van der Waals surface area contributed by atoms with E-state index in [0.717, 1.165) is 23.7 Å². The zero-order valence-electron chi connectivity index (χ0n) is 9.29. The first-order valence-corrected chi connectivity index (χ1v) is 7.00. The van der Waals surface area contributed by atoms with Crippen molar-refractivity contribution in [1.82, 2.24) is 5.32 Å². The van der Waals surface area contributed by atoms with E-state index in [0.29, 0.717) is 6.04 Å². The molecule has 15 heavy (non-hydrogen) atoms. The van der Waals surface area contributed by atoms with E-state index >= 15 is 0 Å². The third-order valence-corrected chi connectivity index (χ3v) is 3.20. The Labute approximate surface area is 102 Å². The van der Waals surface area contributed by atoms with Crippen molar-refractivity contribution in [2.24, 2.45) is 0 Å². The second-order valence-corrected chi connectivity index (χ2v) is 4.89. The lowest BCUT2D eigenvalue weighted by atomic mass is 10.1. The SMILES string of the molecule is CCNC(CSC)Cc1cccc(Cl)c1. The van der Waals surface area contributed by atoms with E-state index in [-0.39, 0.29) is 0 Å². The Morgan fingerprint density at radius 1 is 1.47 bits per heavy atom. The van der Waals surface area contributed by atoms with Crippen molar-refractivity contribution in [3.8, 4) is 0 Å². The largest absolute Gasteiger partial charge is 0.313 e. The number of hydrogen-bond acceptors (Lipinski definition) is 2. The van der Waals surface area contributed by atoms with Crippen molar-refractivity contribution < 1.29 is 0 Å². The minimum Gasteiger partial charge on any atom is -0.313 e. The molecule has 1 atom stereocenters. The van der Waals surface area contributed by atoms with Crippen LogP contribution in [0.2, 0.25) is 5.02 Å². The third-order valence-electron chi connectivity index (χ3n) is 2.23. The van der Waals surface area contributed by atoms with Crippen LogP contribution in [0.15, 0.2) is 24.3 Å². The fourth-order valence-electron chi connectivity index (χ4n) is 1.63. The standard InChI is InChI=1S/C12H18ClNS/c1-3-14-12(9-15-2)8-10-5-4-6-11(13)7-10/h4-7,12,14H,3,8-9H2,1-2H3. The van der Waals surface area contributed by atoms with Gasteiger partial charge in [-0.3, -0.25) is 0 Å². The maximum atomic E-state index is 5.96. The molecule has 0 heterocycles. The van der Waals surface area contributed by atoms with Crippen LogP contribution in [0.25, 0.3) is 0 Å². The highest BCUT2D eigenvalue weighted by Crippen LogP contribution is 2.13. The second-order valence-electron chi connectivity index (χ2n) is 3.54. The van der Waals surface area contributed by atoms with Gasteiger partial charge in [-0.15, -0.1) is 0 Å². The van der Waals surface area contributed by atoms with Crippen LogP contribution in [0, 0.1) is 0 Å². The first-order chi connectivity index (χ1) is 7.26. The van der Waals surface area contributed by atoms with Gasteiger partial charge in [-0.25, -0.2) is 0 Å². The Bertz CT molecular complexity index is 285. The lowest BCUT2D eigenvalue weighted by molar-refractivity contribution is 0.573. The van der Waals surface area contributed by atoms with Crippen molar-refractivity contribution in [3.05, 3.63) is 34.9 Å². The maximum absolute atomic E-state index is 5.96. The van der Waals surface area contributed by atoms with Crippen molar-refractivity contribution >= 4 is 23.4 Å². The molecule has 0 amide bonds. The van der Waals surface area contributed by atoms with Gasteiger partial charge in [-0.1, -0.05) is 30.7 Å². The molecule has 0 aliphatic carbocycles. The van der Waals surface area contributed by atoms with Gasteiger partial charge in [0.1, 0.15) is 0 Å². The van der Waals surface area contributed by atoms with Crippen LogP contribution in [-0.4, -0.2) is 24.6 Å². The molecule has 0 saturated carbocycles. The number of likely N-dealkylation sites (N-methyl/N-ethyl adjacent to an activating group) is 1. The molecule has 0 aliphatic heterocycles. The average molecular weight is 244 g/mol. The summed E-state index contributed by atoms with van der Waals surface area (Å²) in [6.07, 6.45) is 3.19. The summed E-state index contributed by atoms with van der Waals surface area (Å²) in [6, 6.07) is 8.66.